The lowest BCUT2D eigenvalue weighted by molar-refractivity contribution is 0.317. The smallest absolute Gasteiger partial charge is 0.178 e. The largest absolute Gasteiger partial charge is 0.492 e. The molecular weight excluding hydrogens is 248 g/mol. The van der Waals surface area contributed by atoms with Crippen LogP contribution in [0, 0.1) is 0 Å². The van der Waals surface area contributed by atoms with Crippen LogP contribution in [0.4, 0.5) is 0 Å². The van der Waals surface area contributed by atoms with Gasteiger partial charge in [-0.1, -0.05) is 25.4 Å². The Morgan fingerprint density at radius 1 is 1.31 bits per heavy atom. The molecule has 0 spiro atoms. The molecule has 0 heterocycles. The summed E-state index contributed by atoms with van der Waals surface area (Å²) in [5.41, 5.74) is 0. The number of sulfone groups is 1. The van der Waals surface area contributed by atoms with E-state index in [-0.39, 0.29) is 10.6 Å². The van der Waals surface area contributed by atoms with E-state index in [4.69, 9.17) is 16.3 Å². The van der Waals surface area contributed by atoms with Gasteiger partial charge in [-0.15, -0.1) is 0 Å². The molecule has 90 valence electrons. The van der Waals surface area contributed by atoms with Crippen molar-refractivity contribution in [3.63, 3.8) is 0 Å². The average Bonchev–Trinajstić information content (AvgIpc) is 2.27. The van der Waals surface area contributed by atoms with Crippen LogP contribution in [0.15, 0.2) is 23.1 Å². The fourth-order valence-corrected chi connectivity index (χ4v) is 2.38. The summed E-state index contributed by atoms with van der Waals surface area (Å²) in [6, 6.07) is 4.56. The molecule has 1 rings (SSSR count). The Labute approximate surface area is 101 Å². The molecule has 16 heavy (non-hydrogen) atoms. The number of halogens is 1. The summed E-state index contributed by atoms with van der Waals surface area (Å²) in [7, 11) is -3.20. The van der Waals surface area contributed by atoms with Crippen molar-refractivity contribution in [1.29, 1.82) is 0 Å². The molecule has 0 saturated heterocycles. The van der Waals surface area contributed by atoms with E-state index in [1.54, 1.807) is 13.0 Å². The third-order valence-electron chi connectivity index (χ3n) is 2.10. The Bertz CT molecular complexity index is 454. The number of hydrogen-bond donors (Lipinski definition) is 0. The monoisotopic (exact) mass is 262 g/mol. The highest BCUT2D eigenvalue weighted by Crippen LogP contribution is 2.27. The van der Waals surface area contributed by atoms with Gasteiger partial charge < -0.3 is 4.74 Å². The van der Waals surface area contributed by atoms with E-state index in [0.717, 1.165) is 6.42 Å². The molecule has 0 aliphatic carbocycles. The Morgan fingerprint density at radius 2 is 2.00 bits per heavy atom. The second kappa shape index (κ2) is 5.55. The maximum absolute atomic E-state index is 11.6. The highest BCUT2D eigenvalue weighted by molar-refractivity contribution is 7.91. The van der Waals surface area contributed by atoms with Crippen LogP contribution in [0.3, 0.4) is 0 Å². The average molecular weight is 263 g/mol. The van der Waals surface area contributed by atoms with E-state index >= 15 is 0 Å². The van der Waals surface area contributed by atoms with Crippen molar-refractivity contribution >= 4 is 21.4 Å². The van der Waals surface area contributed by atoms with E-state index in [1.165, 1.54) is 12.1 Å². The van der Waals surface area contributed by atoms with Gasteiger partial charge in [-0.05, 0) is 24.6 Å². The van der Waals surface area contributed by atoms with Crippen molar-refractivity contribution in [2.45, 2.75) is 25.2 Å². The molecule has 1 aromatic rings. The summed E-state index contributed by atoms with van der Waals surface area (Å²) in [5, 5.41) is 0.336. The van der Waals surface area contributed by atoms with E-state index < -0.39 is 9.84 Å². The van der Waals surface area contributed by atoms with Crippen LogP contribution in [-0.2, 0) is 9.84 Å². The molecule has 0 aliphatic heterocycles. The summed E-state index contributed by atoms with van der Waals surface area (Å²) < 4.78 is 28.5. The number of benzene rings is 1. The highest BCUT2D eigenvalue weighted by Gasteiger charge is 2.13. The molecule has 0 aromatic heterocycles. The van der Waals surface area contributed by atoms with Crippen LogP contribution < -0.4 is 4.74 Å². The predicted molar refractivity (Wildman–Crippen MR) is 65.0 cm³/mol. The summed E-state index contributed by atoms with van der Waals surface area (Å²) >= 11 is 5.94. The van der Waals surface area contributed by atoms with Gasteiger partial charge >= 0.3 is 0 Å². The molecule has 0 atom stereocenters. The fraction of sp³-hybridized carbons (Fsp3) is 0.455. The molecule has 0 aliphatic rings. The van der Waals surface area contributed by atoms with Gasteiger partial charge in [0.15, 0.2) is 9.84 Å². The van der Waals surface area contributed by atoms with Crippen LogP contribution in [0.2, 0.25) is 5.02 Å². The topological polar surface area (TPSA) is 43.4 Å². The number of hydrogen-bond acceptors (Lipinski definition) is 3. The first kappa shape index (κ1) is 13.3. The zero-order valence-corrected chi connectivity index (χ0v) is 10.9. The molecule has 5 heteroatoms. The van der Waals surface area contributed by atoms with E-state index in [1.807, 2.05) is 6.92 Å². The maximum atomic E-state index is 11.6. The normalized spacial score (nSPS) is 11.4. The predicted octanol–water partition coefficient (Wildman–Crippen LogP) is 2.92. The second-order valence-electron chi connectivity index (χ2n) is 3.34. The Hall–Kier alpha value is -0.740. The van der Waals surface area contributed by atoms with Crippen LogP contribution in [-0.4, -0.2) is 20.8 Å². The van der Waals surface area contributed by atoms with Gasteiger partial charge in [0.05, 0.1) is 22.3 Å². The molecule has 0 unspecified atom stereocenters. The van der Waals surface area contributed by atoms with Gasteiger partial charge in [-0.25, -0.2) is 8.42 Å². The van der Waals surface area contributed by atoms with E-state index in [2.05, 4.69) is 0 Å². The first-order valence-corrected chi connectivity index (χ1v) is 7.19. The minimum Gasteiger partial charge on any atom is -0.492 e. The SMILES string of the molecule is CCCOc1ccc(S(=O)(=O)CC)cc1Cl. The minimum absolute atomic E-state index is 0.0679. The zero-order valence-electron chi connectivity index (χ0n) is 9.36. The number of rotatable bonds is 5. The molecule has 0 amide bonds. The lowest BCUT2D eigenvalue weighted by atomic mass is 10.3. The third-order valence-corrected chi connectivity index (χ3v) is 4.13. The Morgan fingerprint density at radius 3 is 2.50 bits per heavy atom. The summed E-state index contributed by atoms with van der Waals surface area (Å²) in [5.74, 6) is 0.594. The van der Waals surface area contributed by atoms with Crippen molar-refractivity contribution < 1.29 is 13.2 Å². The van der Waals surface area contributed by atoms with Gasteiger partial charge in [-0.2, -0.15) is 0 Å². The molecule has 0 fully saturated rings. The summed E-state index contributed by atoms with van der Waals surface area (Å²) in [6.45, 7) is 4.16. The molecule has 0 radical (unpaired) electrons. The van der Waals surface area contributed by atoms with E-state index in [0.29, 0.717) is 17.4 Å². The lowest BCUT2D eigenvalue weighted by Crippen LogP contribution is -2.04. The van der Waals surface area contributed by atoms with Gasteiger partial charge in [0.25, 0.3) is 0 Å². The third kappa shape index (κ3) is 3.12. The van der Waals surface area contributed by atoms with E-state index in [9.17, 15) is 8.42 Å². The zero-order chi connectivity index (χ0) is 12.2. The maximum Gasteiger partial charge on any atom is 0.178 e. The van der Waals surface area contributed by atoms with Crippen molar-refractivity contribution in [2.75, 3.05) is 12.4 Å². The Balaban J connectivity index is 3.00. The van der Waals surface area contributed by atoms with Crippen molar-refractivity contribution in [1.82, 2.24) is 0 Å². The van der Waals surface area contributed by atoms with Crippen molar-refractivity contribution in [3.8, 4) is 5.75 Å². The van der Waals surface area contributed by atoms with Crippen LogP contribution in [0.5, 0.6) is 5.75 Å². The fourth-order valence-electron chi connectivity index (χ4n) is 1.17. The first-order chi connectivity index (χ1) is 7.51. The Kier molecular flexibility index (Phi) is 4.62. The van der Waals surface area contributed by atoms with Crippen LogP contribution in [0.25, 0.3) is 0 Å². The first-order valence-electron chi connectivity index (χ1n) is 5.16. The van der Waals surface area contributed by atoms with Crippen molar-refractivity contribution in [3.05, 3.63) is 23.2 Å². The van der Waals surface area contributed by atoms with Gasteiger partial charge in [0.1, 0.15) is 5.75 Å². The van der Waals surface area contributed by atoms with Crippen LogP contribution >= 0.6 is 11.6 Å². The molecule has 0 saturated carbocycles. The molecule has 0 bridgehead atoms. The van der Waals surface area contributed by atoms with Gasteiger partial charge in [0.2, 0.25) is 0 Å². The quantitative estimate of drug-likeness (QED) is 0.819. The van der Waals surface area contributed by atoms with Crippen molar-refractivity contribution in [2.24, 2.45) is 0 Å². The summed E-state index contributed by atoms with van der Waals surface area (Å²) in [4.78, 5) is 0.240. The second-order valence-corrected chi connectivity index (χ2v) is 6.03. The van der Waals surface area contributed by atoms with Crippen LogP contribution in [0.1, 0.15) is 20.3 Å². The van der Waals surface area contributed by atoms with Gasteiger partial charge in [-0.3, -0.25) is 0 Å². The lowest BCUT2D eigenvalue weighted by Gasteiger charge is -2.08. The van der Waals surface area contributed by atoms with Gasteiger partial charge in [0, 0.05) is 0 Å². The summed E-state index contributed by atoms with van der Waals surface area (Å²) in [6.07, 6.45) is 0.880. The molecule has 0 N–H and O–H groups in total. The molecular formula is C11H15ClO3S. The molecule has 3 nitrogen and oxygen atoms in total. The standard InChI is InChI=1S/C11H15ClO3S/c1-3-7-15-11-6-5-9(8-10(11)12)16(13,14)4-2/h5-6,8H,3-4,7H2,1-2H3. The minimum atomic E-state index is -3.20. The molecule has 1 aromatic carbocycles. The number of ether oxygens (including phenoxy) is 1. The highest BCUT2D eigenvalue weighted by atomic mass is 35.5.